The molecule has 0 saturated carbocycles. The molecule has 3 heteroatoms. The summed E-state index contributed by atoms with van der Waals surface area (Å²) in [5, 5.41) is 7.75. The molecule has 0 heterocycles. The Morgan fingerprint density at radius 1 is 1.05 bits per heavy atom. The topological polar surface area (TPSA) is 37.3 Å². The van der Waals surface area contributed by atoms with Gasteiger partial charge in [-0.15, -0.1) is 9.24 Å². The molecule has 2 nitrogen and oxygen atoms in total. The van der Waals surface area contributed by atoms with E-state index in [0.717, 1.165) is 6.92 Å². The zero-order valence-electron chi connectivity index (χ0n) is 14.0. The molecule has 0 aliphatic heterocycles. The van der Waals surface area contributed by atoms with Gasteiger partial charge in [-0.3, -0.25) is 4.79 Å². The van der Waals surface area contributed by atoms with Gasteiger partial charge < -0.3 is 5.11 Å². The monoisotopic (exact) mass is 302 g/mol. The Balaban J connectivity index is 0. The third kappa shape index (κ3) is 12.7. The van der Waals surface area contributed by atoms with E-state index in [9.17, 15) is 0 Å². The van der Waals surface area contributed by atoms with Gasteiger partial charge in [-0.05, 0) is 25.7 Å². The minimum absolute atomic E-state index is 0.335. The lowest BCUT2D eigenvalue weighted by atomic mass is 9.86. The molecule has 0 aromatic heterocycles. The fourth-order valence-corrected chi connectivity index (χ4v) is 2.65. The molecule has 0 rings (SSSR count). The third-order valence-electron chi connectivity index (χ3n) is 3.49. The highest BCUT2D eigenvalue weighted by atomic mass is 31.0. The summed E-state index contributed by atoms with van der Waals surface area (Å²) in [7, 11) is 3.13. The molecule has 0 spiro atoms. The Labute approximate surface area is 128 Å². The van der Waals surface area contributed by atoms with Crippen LogP contribution in [0, 0.1) is 0 Å². The van der Waals surface area contributed by atoms with Gasteiger partial charge >= 0.3 is 0 Å². The maximum Gasteiger partial charge on any atom is 0.300 e. The van der Waals surface area contributed by atoms with Gasteiger partial charge in [-0.25, -0.2) is 0 Å². The summed E-state index contributed by atoms with van der Waals surface area (Å²) in [5.41, 5.74) is 1.47. The molecule has 0 radical (unpaired) electrons. The van der Waals surface area contributed by atoms with Crippen molar-refractivity contribution in [3.63, 3.8) is 0 Å². The predicted octanol–water partition coefficient (Wildman–Crippen LogP) is 5.82. The number of rotatable bonds is 10. The predicted molar refractivity (Wildman–Crippen MR) is 93.5 cm³/mol. The number of carboxylic acids is 1. The summed E-state index contributed by atoms with van der Waals surface area (Å²) in [4.78, 5) is 9.00. The van der Waals surface area contributed by atoms with Crippen LogP contribution in [0.5, 0.6) is 0 Å². The van der Waals surface area contributed by atoms with E-state index in [-0.39, 0.29) is 0 Å². The molecule has 0 aromatic carbocycles. The van der Waals surface area contributed by atoms with Crippen molar-refractivity contribution >= 4 is 15.2 Å². The zero-order valence-corrected chi connectivity index (χ0v) is 15.2. The van der Waals surface area contributed by atoms with Gasteiger partial charge in [0.2, 0.25) is 0 Å². The smallest absolute Gasteiger partial charge is 0.300 e. The fraction of sp³-hybridized carbons (Fsp3) is 0.824. The normalized spacial score (nSPS) is 10.7. The van der Waals surface area contributed by atoms with Crippen LogP contribution in [-0.4, -0.2) is 16.2 Å². The first-order chi connectivity index (χ1) is 9.33. The maximum absolute atomic E-state index is 9.00. The third-order valence-corrected chi connectivity index (χ3v) is 4.47. The van der Waals surface area contributed by atoms with Crippen LogP contribution in [-0.2, 0) is 4.79 Å². The molecular weight excluding hydrogens is 267 g/mol. The van der Waals surface area contributed by atoms with Gasteiger partial charge in [-0.1, -0.05) is 65.0 Å². The van der Waals surface area contributed by atoms with E-state index in [4.69, 9.17) is 9.90 Å². The highest BCUT2D eigenvalue weighted by Crippen LogP contribution is 2.39. The lowest BCUT2D eigenvalue weighted by molar-refractivity contribution is -0.134. The molecule has 1 atom stereocenters. The van der Waals surface area contributed by atoms with Crippen LogP contribution in [0.15, 0.2) is 12.2 Å². The molecule has 1 N–H and O–H groups in total. The van der Waals surface area contributed by atoms with Gasteiger partial charge in [0.05, 0.1) is 0 Å². The Morgan fingerprint density at radius 2 is 1.40 bits per heavy atom. The van der Waals surface area contributed by atoms with E-state index in [1.54, 1.807) is 0 Å². The molecule has 0 amide bonds. The van der Waals surface area contributed by atoms with Crippen LogP contribution in [0.2, 0.25) is 0 Å². The average molecular weight is 302 g/mol. The van der Waals surface area contributed by atoms with Gasteiger partial charge in [-0.2, -0.15) is 0 Å². The van der Waals surface area contributed by atoms with E-state index >= 15 is 0 Å². The molecule has 0 bridgehead atoms. The summed E-state index contributed by atoms with van der Waals surface area (Å²) in [6.45, 7) is 12.2. The standard InChI is InChI=1S/C15H31P.C2H4O2/c1-5-8-11-14(4)15(16,12-9-6-2)13-10-7-3;1-2(3)4/h4-13,16H2,1-3H3;1H3,(H,3,4). The highest BCUT2D eigenvalue weighted by Gasteiger charge is 2.25. The first-order valence-electron chi connectivity index (χ1n) is 8.00. The molecule has 0 aliphatic rings. The second-order valence-corrected chi connectivity index (χ2v) is 6.69. The molecule has 0 saturated heterocycles. The van der Waals surface area contributed by atoms with Crippen molar-refractivity contribution in [1.82, 2.24) is 0 Å². The Morgan fingerprint density at radius 3 is 1.70 bits per heavy atom. The Hall–Kier alpha value is -0.360. The van der Waals surface area contributed by atoms with Crippen molar-refractivity contribution in [2.75, 3.05) is 0 Å². The van der Waals surface area contributed by atoms with Gasteiger partial charge in [0.25, 0.3) is 5.97 Å². The van der Waals surface area contributed by atoms with E-state index in [0.29, 0.717) is 5.16 Å². The van der Waals surface area contributed by atoms with Crippen LogP contribution in [0.4, 0.5) is 0 Å². The van der Waals surface area contributed by atoms with Crippen molar-refractivity contribution in [2.24, 2.45) is 0 Å². The fourth-order valence-electron chi connectivity index (χ4n) is 2.10. The lowest BCUT2D eigenvalue weighted by Crippen LogP contribution is -2.23. The number of carboxylic acid groups (broad SMARTS) is 1. The molecule has 20 heavy (non-hydrogen) atoms. The largest absolute Gasteiger partial charge is 0.481 e. The van der Waals surface area contributed by atoms with Crippen molar-refractivity contribution in [1.29, 1.82) is 0 Å². The quantitative estimate of drug-likeness (QED) is 0.408. The van der Waals surface area contributed by atoms with Crippen LogP contribution in [0.1, 0.15) is 85.5 Å². The summed E-state index contributed by atoms with van der Waals surface area (Å²) in [6, 6.07) is 0. The summed E-state index contributed by atoms with van der Waals surface area (Å²) >= 11 is 0. The average Bonchev–Trinajstić information content (AvgIpc) is 2.39. The maximum atomic E-state index is 9.00. The van der Waals surface area contributed by atoms with Crippen molar-refractivity contribution < 1.29 is 9.90 Å². The summed E-state index contributed by atoms with van der Waals surface area (Å²) in [6.07, 6.45) is 11.7. The molecule has 1 unspecified atom stereocenters. The summed E-state index contributed by atoms with van der Waals surface area (Å²) in [5.74, 6) is -0.833. The highest BCUT2D eigenvalue weighted by molar-refractivity contribution is 7.19. The number of unbranched alkanes of at least 4 members (excludes halogenated alkanes) is 3. The lowest BCUT2D eigenvalue weighted by Gasteiger charge is -2.32. The SMILES string of the molecule is C=C(CCCC)C(P)(CCCC)CCCC.CC(=O)O. The first kappa shape index (κ1) is 21.9. The van der Waals surface area contributed by atoms with Crippen molar-refractivity contribution in [2.45, 2.75) is 90.6 Å². The molecular formula is C17H35O2P. The summed E-state index contributed by atoms with van der Waals surface area (Å²) < 4.78 is 0. The van der Waals surface area contributed by atoms with Gasteiger partial charge in [0.15, 0.2) is 0 Å². The number of allylic oxidation sites excluding steroid dienone is 1. The number of aliphatic carboxylic acids is 1. The molecule has 120 valence electrons. The van der Waals surface area contributed by atoms with Crippen molar-refractivity contribution in [3.8, 4) is 0 Å². The van der Waals surface area contributed by atoms with E-state index in [2.05, 4.69) is 36.6 Å². The van der Waals surface area contributed by atoms with Crippen LogP contribution >= 0.6 is 9.24 Å². The second-order valence-electron chi connectivity index (χ2n) is 5.59. The van der Waals surface area contributed by atoms with E-state index in [1.807, 2.05) is 0 Å². The van der Waals surface area contributed by atoms with Gasteiger partial charge in [0, 0.05) is 12.1 Å². The molecule has 0 aromatic rings. The number of hydrogen-bond donors (Lipinski definition) is 1. The molecule has 0 fully saturated rings. The number of carbonyl (C=O) groups is 1. The van der Waals surface area contributed by atoms with Crippen molar-refractivity contribution in [3.05, 3.63) is 12.2 Å². The minimum Gasteiger partial charge on any atom is -0.481 e. The van der Waals surface area contributed by atoms with Crippen LogP contribution in [0.25, 0.3) is 0 Å². The van der Waals surface area contributed by atoms with Crippen LogP contribution < -0.4 is 0 Å². The zero-order chi connectivity index (χ0) is 16.0. The van der Waals surface area contributed by atoms with E-state index < -0.39 is 5.97 Å². The Kier molecular flexibility index (Phi) is 14.9. The second kappa shape index (κ2) is 13.6. The number of hydrogen-bond acceptors (Lipinski definition) is 1. The van der Waals surface area contributed by atoms with E-state index in [1.165, 1.54) is 63.4 Å². The van der Waals surface area contributed by atoms with Crippen LogP contribution in [0.3, 0.4) is 0 Å². The Bertz CT molecular complexity index is 250. The first-order valence-corrected chi connectivity index (χ1v) is 8.58. The minimum atomic E-state index is -0.833. The molecule has 0 aliphatic carbocycles. The van der Waals surface area contributed by atoms with Gasteiger partial charge in [0.1, 0.15) is 0 Å².